The second-order valence-electron chi connectivity index (χ2n) is 5.25. The van der Waals surface area contributed by atoms with E-state index in [-0.39, 0.29) is 17.8 Å². The van der Waals surface area contributed by atoms with Crippen LogP contribution >= 0.6 is 0 Å². The van der Waals surface area contributed by atoms with Crippen molar-refractivity contribution in [3.05, 3.63) is 53.1 Å². The molecular formula is C17H18O3. The van der Waals surface area contributed by atoms with Gasteiger partial charge in [0.05, 0.1) is 7.11 Å². The fourth-order valence-electron chi connectivity index (χ4n) is 2.83. The first-order valence-corrected chi connectivity index (χ1v) is 6.75. The third kappa shape index (κ3) is 1.90. The number of fused-ring (bicyclic) bond motifs is 1. The summed E-state index contributed by atoms with van der Waals surface area (Å²) in [4.78, 5) is 0. The van der Waals surface area contributed by atoms with Gasteiger partial charge >= 0.3 is 0 Å². The molecule has 0 aromatic heterocycles. The van der Waals surface area contributed by atoms with Gasteiger partial charge in [0, 0.05) is 17.5 Å². The van der Waals surface area contributed by atoms with E-state index >= 15 is 0 Å². The lowest BCUT2D eigenvalue weighted by atomic mass is 9.90. The number of ether oxygens (including phenoxy) is 2. The van der Waals surface area contributed by atoms with Crippen LogP contribution < -0.4 is 9.47 Å². The minimum atomic E-state index is -0.0160. The van der Waals surface area contributed by atoms with Gasteiger partial charge in [-0.15, -0.1) is 0 Å². The van der Waals surface area contributed by atoms with Crippen molar-refractivity contribution in [2.75, 3.05) is 7.11 Å². The molecule has 0 saturated carbocycles. The zero-order valence-corrected chi connectivity index (χ0v) is 11.9. The normalized spacial score (nSPS) is 20.4. The van der Waals surface area contributed by atoms with Crippen LogP contribution in [0.2, 0.25) is 0 Å². The molecule has 1 heterocycles. The Hall–Kier alpha value is -2.16. The molecule has 104 valence electrons. The number of hydrogen-bond donors (Lipinski definition) is 1. The van der Waals surface area contributed by atoms with Gasteiger partial charge in [-0.25, -0.2) is 0 Å². The van der Waals surface area contributed by atoms with Crippen LogP contribution in [0.1, 0.15) is 35.6 Å². The van der Waals surface area contributed by atoms with Crippen molar-refractivity contribution < 1.29 is 14.6 Å². The predicted molar refractivity (Wildman–Crippen MR) is 77.6 cm³/mol. The van der Waals surface area contributed by atoms with Crippen LogP contribution in [0, 0.1) is 6.92 Å². The minimum absolute atomic E-state index is 0.0160. The molecule has 0 unspecified atom stereocenters. The van der Waals surface area contributed by atoms with Crippen molar-refractivity contribution in [1.82, 2.24) is 0 Å². The van der Waals surface area contributed by atoms with E-state index in [4.69, 9.17) is 9.47 Å². The average Bonchev–Trinajstić information content (AvgIpc) is 2.75. The maximum Gasteiger partial charge on any atom is 0.164 e. The van der Waals surface area contributed by atoms with Crippen LogP contribution in [-0.2, 0) is 0 Å². The van der Waals surface area contributed by atoms with Crippen molar-refractivity contribution >= 4 is 0 Å². The standard InChI is InChI=1S/C17H18O3/c1-10-6-4-5-7-12(10)17-11(2)13-8-14(18)16(19-3)9-15(13)20-17/h4-9,11,17-18H,1-3H3/t11-,17-/m1/s1. The van der Waals surface area contributed by atoms with E-state index in [9.17, 15) is 5.11 Å². The molecule has 0 aliphatic carbocycles. The van der Waals surface area contributed by atoms with Gasteiger partial charge in [-0.1, -0.05) is 31.2 Å². The van der Waals surface area contributed by atoms with E-state index in [0.29, 0.717) is 5.75 Å². The SMILES string of the molecule is COc1cc2c(cc1O)[C@@H](C)[C@H](c1ccccc1C)O2. The molecular weight excluding hydrogens is 252 g/mol. The molecule has 2 aromatic rings. The monoisotopic (exact) mass is 270 g/mol. The number of phenolic OH excluding ortho intramolecular Hbond substituents is 1. The lowest BCUT2D eigenvalue weighted by molar-refractivity contribution is 0.214. The van der Waals surface area contributed by atoms with Crippen LogP contribution in [0.3, 0.4) is 0 Å². The van der Waals surface area contributed by atoms with Gasteiger partial charge < -0.3 is 14.6 Å². The molecule has 0 spiro atoms. The summed E-state index contributed by atoms with van der Waals surface area (Å²) < 4.78 is 11.2. The number of aromatic hydroxyl groups is 1. The van der Waals surface area contributed by atoms with Gasteiger partial charge in [-0.05, 0) is 24.1 Å². The van der Waals surface area contributed by atoms with Crippen LogP contribution in [0.4, 0.5) is 0 Å². The Bertz CT molecular complexity index is 649. The average molecular weight is 270 g/mol. The molecule has 0 amide bonds. The van der Waals surface area contributed by atoms with E-state index < -0.39 is 0 Å². The second kappa shape index (κ2) is 4.75. The Kier molecular flexibility index (Phi) is 3.05. The Morgan fingerprint density at radius 2 is 1.90 bits per heavy atom. The third-order valence-electron chi connectivity index (χ3n) is 4.00. The van der Waals surface area contributed by atoms with Crippen LogP contribution in [0.15, 0.2) is 36.4 Å². The second-order valence-corrected chi connectivity index (χ2v) is 5.25. The lowest BCUT2D eigenvalue weighted by Crippen LogP contribution is -2.08. The number of phenols is 1. The maximum absolute atomic E-state index is 9.92. The molecule has 3 rings (SSSR count). The van der Waals surface area contributed by atoms with E-state index in [1.807, 2.05) is 12.1 Å². The van der Waals surface area contributed by atoms with E-state index in [1.54, 1.807) is 19.2 Å². The first-order valence-electron chi connectivity index (χ1n) is 6.75. The number of benzene rings is 2. The van der Waals surface area contributed by atoms with Gasteiger partial charge in [0.2, 0.25) is 0 Å². The highest BCUT2D eigenvalue weighted by Gasteiger charge is 2.34. The zero-order chi connectivity index (χ0) is 14.3. The molecule has 3 heteroatoms. The number of methoxy groups -OCH3 is 1. The smallest absolute Gasteiger partial charge is 0.164 e. The first kappa shape index (κ1) is 12.9. The van der Waals surface area contributed by atoms with Gasteiger partial charge in [0.25, 0.3) is 0 Å². The van der Waals surface area contributed by atoms with Crippen molar-refractivity contribution in [2.24, 2.45) is 0 Å². The molecule has 2 atom stereocenters. The summed E-state index contributed by atoms with van der Waals surface area (Å²) in [6.07, 6.45) is -0.0160. The van der Waals surface area contributed by atoms with Crippen LogP contribution in [0.25, 0.3) is 0 Å². The summed E-state index contributed by atoms with van der Waals surface area (Å²) in [5, 5.41) is 9.92. The summed E-state index contributed by atoms with van der Waals surface area (Å²) in [5.41, 5.74) is 3.43. The Morgan fingerprint density at radius 3 is 2.60 bits per heavy atom. The molecule has 2 aromatic carbocycles. The zero-order valence-electron chi connectivity index (χ0n) is 11.9. The van der Waals surface area contributed by atoms with Crippen molar-refractivity contribution in [1.29, 1.82) is 0 Å². The van der Waals surface area contributed by atoms with Crippen molar-refractivity contribution in [2.45, 2.75) is 25.9 Å². The van der Waals surface area contributed by atoms with Crippen LogP contribution in [0.5, 0.6) is 17.2 Å². The summed E-state index contributed by atoms with van der Waals surface area (Å²) in [6.45, 7) is 4.21. The van der Waals surface area contributed by atoms with E-state index in [1.165, 1.54) is 11.1 Å². The highest BCUT2D eigenvalue weighted by atomic mass is 16.5. The van der Waals surface area contributed by atoms with E-state index in [2.05, 4.69) is 26.0 Å². The third-order valence-corrected chi connectivity index (χ3v) is 4.00. The van der Waals surface area contributed by atoms with Crippen LogP contribution in [-0.4, -0.2) is 12.2 Å². The number of rotatable bonds is 2. The summed E-state index contributed by atoms with van der Waals surface area (Å²) in [5.74, 6) is 1.59. The first-order chi connectivity index (χ1) is 9.61. The topological polar surface area (TPSA) is 38.7 Å². The Labute approximate surface area is 118 Å². The number of hydrogen-bond acceptors (Lipinski definition) is 3. The van der Waals surface area contributed by atoms with Crippen molar-refractivity contribution in [3.8, 4) is 17.2 Å². The summed E-state index contributed by atoms with van der Waals surface area (Å²) >= 11 is 0. The maximum atomic E-state index is 9.92. The molecule has 3 nitrogen and oxygen atoms in total. The summed E-state index contributed by atoms with van der Waals surface area (Å²) in [7, 11) is 1.54. The van der Waals surface area contributed by atoms with Gasteiger partial charge in [0.1, 0.15) is 11.9 Å². The molecule has 1 N–H and O–H groups in total. The Balaban J connectivity index is 2.02. The molecule has 1 aliphatic heterocycles. The van der Waals surface area contributed by atoms with Crippen molar-refractivity contribution in [3.63, 3.8) is 0 Å². The molecule has 1 aliphatic rings. The molecule has 0 fully saturated rings. The minimum Gasteiger partial charge on any atom is -0.504 e. The molecule has 0 saturated heterocycles. The summed E-state index contributed by atoms with van der Waals surface area (Å²) in [6, 6.07) is 11.8. The molecule has 20 heavy (non-hydrogen) atoms. The lowest BCUT2D eigenvalue weighted by Gasteiger charge is -2.17. The number of aryl methyl sites for hydroxylation is 1. The predicted octanol–water partition coefficient (Wildman–Crippen LogP) is 3.95. The molecule has 0 radical (unpaired) electrons. The largest absolute Gasteiger partial charge is 0.504 e. The highest BCUT2D eigenvalue weighted by Crippen LogP contribution is 2.49. The van der Waals surface area contributed by atoms with Gasteiger partial charge in [-0.3, -0.25) is 0 Å². The van der Waals surface area contributed by atoms with E-state index in [0.717, 1.165) is 11.3 Å². The van der Waals surface area contributed by atoms with Gasteiger partial charge in [0.15, 0.2) is 11.5 Å². The fourth-order valence-corrected chi connectivity index (χ4v) is 2.83. The quantitative estimate of drug-likeness (QED) is 0.898. The fraction of sp³-hybridized carbons (Fsp3) is 0.294. The highest BCUT2D eigenvalue weighted by molar-refractivity contribution is 5.54. The Morgan fingerprint density at radius 1 is 1.15 bits per heavy atom. The van der Waals surface area contributed by atoms with Gasteiger partial charge in [-0.2, -0.15) is 0 Å². The molecule has 0 bridgehead atoms.